The van der Waals surface area contributed by atoms with E-state index in [-0.39, 0.29) is 11.9 Å². The molecule has 2 N–H and O–H groups in total. The summed E-state index contributed by atoms with van der Waals surface area (Å²) in [4.78, 5) is 22.4. The third kappa shape index (κ3) is 4.18. The number of carbonyl (C=O) groups is 1. The van der Waals surface area contributed by atoms with E-state index in [1.54, 1.807) is 6.33 Å². The molecule has 1 aromatic heterocycles. The van der Waals surface area contributed by atoms with Gasteiger partial charge in [-0.3, -0.25) is 9.69 Å². The highest BCUT2D eigenvalue weighted by Crippen LogP contribution is 2.23. The van der Waals surface area contributed by atoms with Gasteiger partial charge in [0, 0.05) is 31.2 Å². The zero-order chi connectivity index (χ0) is 18.6. The predicted molar refractivity (Wildman–Crippen MR) is 106 cm³/mol. The van der Waals surface area contributed by atoms with E-state index in [1.165, 1.54) is 0 Å². The Morgan fingerprint density at radius 1 is 1.22 bits per heavy atom. The third-order valence-electron chi connectivity index (χ3n) is 4.89. The fraction of sp³-hybridized carbons (Fsp3) is 0.333. The minimum absolute atomic E-state index is 0.0415. The SMILES string of the molecule is CC(CN1CCOCC1)NC(=O)c1cccc(-c2ccc3nc[nH]c3c2)c1. The molecule has 1 aliphatic heterocycles. The van der Waals surface area contributed by atoms with Gasteiger partial charge in [-0.1, -0.05) is 18.2 Å². The summed E-state index contributed by atoms with van der Waals surface area (Å²) in [6.45, 7) is 6.26. The first kappa shape index (κ1) is 17.7. The molecule has 1 atom stereocenters. The van der Waals surface area contributed by atoms with Crippen molar-refractivity contribution in [3.8, 4) is 11.1 Å². The maximum Gasteiger partial charge on any atom is 0.251 e. The van der Waals surface area contributed by atoms with E-state index in [2.05, 4.69) is 26.3 Å². The Morgan fingerprint density at radius 3 is 2.89 bits per heavy atom. The molecule has 1 aliphatic rings. The number of benzene rings is 2. The number of aromatic nitrogens is 2. The minimum atomic E-state index is -0.0415. The van der Waals surface area contributed by atoms with E-state index in [0.29, 0.717) is 5.56 Å². The quantitative estimate of drug-likeness (QED) is 0.730. The van der Waals surface area contributed by atoms with Gasteiger partial charge in [-0.25, -0.2) is 4.98 Å². The van der Waals surface area contributed by atoms with Crippen LogP contribution in [0.15, 0.2) is 48.8 Å². The highest BCUT2D eigenvalue weighted by molar-refractivity contribution is 5.96. The Kier molecular flexibility index (Phi) is 5.18. The normalized spacial score (nSPS) is 16.3. The average Bonchev–Trinajstić information content (AvgIpc) is 3.16. The second kappa shape index (κ2) is 7.90. The third-order valence-corrected chi connectivity index (χ3v) is 4.89. The molecule has 6 heteroatoms. The summed E-state index contributed by atoms with van der Waals surface area (Å²) in [5, 5.41) is 3.11. The Balaban J connectivity index is 1.45. The first-order chi connectivity index (χ1) is 13.2. The lowest BCUT2D eigenvalue weighted by Gasteiger charge is -2.29. The number of fused-ring (bicyclic) bond motifs is 1. The first-order valence-corrected chi connectivity index (χ1v) is 9.33. The van der Waals surface area contributed by atoms with Gasteiger partial charge in [-0.15, -0.1) is 0 Å². The van der Waals surface area contributed by atoms with Gasteiger partial charge >= 0.3 is 0 Å². The van der Waals surface area contributed by atoms with Gasteiger partial charge in [0.05, 0.1) is 30.6 Å². The van der Waals surface area contributed by atoms with E-state index in [9.17, 15) is 4.79 Å². The number of nitrogens with one attached hydrogen (secondary N) is 2. The maximum absolute atomic E-state index is 12.7. The van der Waals surface area contributed by atoms with Crippen LogP contribution in [-0.2, 0) is 4.74 Å². The van der Waals surface area contributed by atoms with Crippen LogP contribution in [0.5, 0.6) is 0 Å². The number of imidazole rings is 1. The van der Waals surface area contributed by atoms with E-state index in [1.807, 2.05) is 43.3 Å². The minimum Gasteiger partial charge on any atom is -0.379 e. The number of nitrogens with zero attached hydrogens (tertiary/aromatic N) is 2. The van der Waals surface area contributed by atoms with Crippen LogP contribution in [0.1, 0.15) is 17.3 Å². The number of rotatable bonds is 5. The molecule has 0 aliphatic carbocycles. The van der Waals surface area contributed by atoms with Gasteiger partial charge < -0.3 is 15.0 Å². The van der Waals surface area contributed by atoms with E-state index in [4.69, 9.17) is 4.74 Å². The van der Waals surface area contributed by atoms with Crippen LogP contribution in [0.2, 0.25) is 0 Å². The van der Waals surface area contributed by atoms with Crippen LogP contribution in [0, 0.1) is 0 Å². The molecular formula is C21H24N4O2. The largest absolute Gasteiger partial charge is 0.379 e. The van der Waals surface area contributed by atoms with Crippen LogP contribution in [-0.4, -0.2) is 59.7 Å². The van der Waals surface area contributed by atoms with E-state index >= 15 is 0 Å². The fourth-order valence-electron chi connectivity index (χ4n) is 3.48. The lowest BCUT2D eigenvalue weighted by Crippen LogP contribution is -2.46. The van der Waals surface area contributed by atoms with Crippen molar-refractivity contribution in [3.05, 3.63) is 54.4 Å². The molecule has 2 heterocycles. The molecule has 0 spiro atoms. The summed E-state index contributed by atoms with van der Waals surface area (Å²) in [5.41, 5.74) is 4.67. The highest BCUT2D eigenvalue weighted by atomic mass is 16.5. The van der Waals surface area contributed by atoms with Gasteiger partial charge in [-0.2, -0.15) is 0 Å². The van der Waals surface area contributed by atoms with Crippen molar-refractivity contribution >= 4 is 16.9 Å². The second-order valence-corrected chi connectivity index (χ2v) is 7.00. The van der Waals surface area contributed by atoms with Crippen molar-refractivity contribution in [2.24, 2.45) is 0 Å². The maximum atomic E-state index is 12.7. The molecule has 2 aromatic carbocycles. The summed E-state index contributed by atoms with van der Waals surface area (Å²) in [6.07, 6.45) is 1.69. The zero-order valence-electron chi connectivity index (χ0n) is 15.4. The fourth-order valence-corrected chi connectivity index (χ4v) is 3.48. The molecule has 1 saturated heterocycles. The molecular weight excluding hydrogens is 340 g/mol. The topological polar surface area (TPSA) is 70.2 Å². The number of carbonyl (C=O) groups excluding carboxylic acids is 1. The van der Waals surface area contributed by atoms with Crippen LogP contribution >= 0.6 is 0 Å². The summed E-state index contributed by atoms with van der Waals surface area (Å²) in [7, 11) is 0. The van der Waals surface area contributed by atoms with E-state index in [0.717, 1.165) is 55.0 Å². The Morgan fingerprint density at radius 2 is 2.04 bits per heavy atom. The number of morpholine rings is 1. The molecule has 1 unspecified atom stereocenters. The highest BCUT2D eigenvalue weighted by Gasteiger charge is 2.16. The van der Waals surface area contributed by atoms with Gasteiger partial charge in [0.25, 0.3) is 5.91 Å². The molecule has 0 bridgehead atoms. The number of aromatic amines is 1. The summed E-state index contributed by atoms with van der Waals surface area (Å²) < 4.78 is 5.37. The smallest absolute Gasteiger partial charge is 0.251 e. The zero-order valence-corrected chi connectivity index (χ0v) is 15.4. The summed E-state index contributed by atoms with van der Waals surface area (Å²) >= 11 is 0. The lowest BCUT2D eigenvalue weighted by molar-refractivity contribution is 0.0342. The molecule has 140 valence electrons. The summed E-state index contributed by atoms with van der Waals surface area (Å²) in [5.74, 6) is -0.0415. The molecule has 0 radical (unpaired) electrons. The van der Waals surface area contributed by atoms with Gasteiger partial charge in [0.15, 0.2) is 0 Å². The van der Waals surface area contributed by atoms with Crippen molar-refractivity contribution in [1.29, 1.82) is 0 Å². The number of hydrogen-bond acceptors (Lipinski definition) is 4. The van der Waals surface area contributed by atoms with Crippen LogP contribution < -0.4 is 5.32 Å². The molecule has 6 nitrogen and oxygen atoms in total. The standard InChI is InChI=1S/C21H24N4O2/c1-15(13-25-7-9-27-10-8-25)24-21(26)18-4-2-3-16(11-18)17-5-6-19-20(12-17)23-14-22-19/h2-6,11-12,14-15H,7-10,13H2,1H3,(H,22,23)(H,24,26). The second-order valence-electron chi connectivity index (χ2n) is 7.00. The Bertz CT molecular complexity index is 931. The number of hydrogen-bond donors (Lipinski definition) is 2. The summed E-state index contributed by atoms with van der Waals surface area (Å²) in [6, 6.07) is 13.9. The van der Waals surface area contributed by atoms with Gasteiger partial charge in [0.2, 0.25) is 0 Å². The van der Waals surface area contributed by atoms with Crippen molar-refractivity contribution in [2.75, 3.05) is 32.8 Å². The Hall–Kier alpha value is -2.70. The van der Waals surface area contributed by atoms with Crippen molar-refractivity contribution < 1.29 is 9.53 Å². The average molecular weight is 364 g/mol. The molecule has 4 rings (SSSR count). The van der Waals surface area contributed by atoms with Crippen molar-refractivity contribution in [1.82, 2.24) is 20.2 Å². The van der Waals surface area contributed by atoms with Crippen molar-refractivity contribution in [2.45, 2.75) is 13.0 Å². The molecule has 1 fully saturated rings. The van der Waals surface area contributed by atoms with Gasteiger partial charge in [-0.05, 0) is 42.3 Å². The van der Waals surface area contributed by atoms with Crippen LogP contribution in [0.4, 0.5) is 0 Å². The molecule has 0 saturated carbocycles. The molecule has 3 aromatic rings. The number of H-pyrrole nitrogens is 1. The monoisotopic (exact) mass is 364 g/mol. The number of ether oxygens (including phenoxy) is 1. The number of amides is 1. The molecule has 27 heavy (non-hydrogen) atoms. The molecule has 1 amide bonds. The Labute approximate surface area is 158 Å². The predicted octanol–water partition coefficient (Wildman–Crippen LogP) is 2.68. The van der Waals surface area contributed by atoms with Crippen LogP contribution in [0.25, 0.3) is 22.2 Å². The van der Waals surface area contributed by atoms with E-state index < -0.39 is 0 Å². The lowest BCUT2D eigenvalue weighted by atomic mass is 10.0. The van der Waals surface area contributed by atoms with Crippen molar-refractivity contribution in [3.63, 3.8) is 0 Å². The van der Waals surface area contributed by atoms with Crippen LogP contribution in [0.3, 0.4) is 0 Å². The first-order valence-electron chi connectivity index (χ1n) is 9.33. The van der Waals surface area contributed by atoms with Gasteiger partial charge in [0.1, 0.15) is 0 Å².